The number of nitrogens with one attached hydrogen (secondary N) is 1. The zero-order valence-corrected chi connectivity index (χ0v) is 22.1. The second kappa shape index (κ2) is 11.6. The number of aryl methyl sites for hydroxylation is 2. The largest absolute Gasteiger partial charge is 0.497 e. The first kappa shape index (κ1) is 27.1. The van der Waals surface area contributed by atoms with Crippen LogP contribution in [0.25, 0.3) is 6.08 Å². The molecular weight excluding hydrogens is 518 g/mol. The monoisotopic (exact) mass is 541 g/mol. The van der Waals surface area contributed by atoms with Gasteiger partial charge in [-0.1, -0.05) is 30.0 Å². The summed E-state index contributed by atoms with van der Waals surface area (Å²) >= 11 is 1.06. The van der Waals surface area contributed by atoms with E-state index in [1.807, 2.05) is 50.2 Å². The Bertz CT molecular complexity index is 1550. The minimum absolute atomic E-state index is 0.0301. The molecule has 196 valence electrons. The van der Waals surface area contributed by atoms with Crippen molar-refractivity contribution in [3.63, 3.8) is 0 Å². The van der Waals surface area contributed by atoms with Crippen LogP contribution in [0.4, 0.5) is 17.1 Å². The van der Waals surface area contributed by atoms with Gasteiger partial charge in [0.2, 0.25) is 5.91 Å². The van der Waals surface area contributed by atoms with E-state index >= 15 is 0 Å². The summed E-state index contributed by atoms with van der Waals surface area (Å²) in [6, 6.07) is 18.4. The van der Waals surface area contributed by atoms with Gasteiger partial charge in [-0.3, -0.25) is 24.6 Å². The summed E-state index contributed by atoms with van der Waals surface area (Å²) in [5.41, 5.74) is 3.41. The number of carbonyl (C=O) groups excluding carboxylic acids is 2. The van der Waals surface area contributed by atoms with E-state index in [2.05, 4.69) is 10.3 Å². The molecule has 3 aromatic rings. The molecule has 3 aromatic carbocycles. The van der Waals surface area contributed by atoms with Gasteiger partial charge in [0.1, 0.15) is 17.5 Å². The van der Waals surface area contributed by atoms with E-state index in [4.69, 9.17) is 4.74 Å². The number of anilines is 2. The van der Waals surface area contributed by atoms with Crippen molar-refractivity contribution in [2.75, 3.05) is 23.1 Å². The van der Waals surface area contributed by atoms with Gasteiger partial charge in [-0.25, -0.2) is 4.99 Å². The molecule has 0 unspecified atom stereocenters. The highest BCUT2D eigenvalue weighted by molar-refractivity contribution is 8.14. The van der Waals surface area contributed by atoms with Gasteiger partial charge in [0.15, 0.2) is 5.17 Å². The van der Waals surface area contributed by atoms with Gasteiger partial charge in [0, 0.05) is 12.1 Å². The molecule has 0 radical (unpaired) electrons. The Kier molecular flexibility index (Phi) is 8.07. The van der Waals surface area contributed by atoms with Gasteiger partial charge in [-0.05, 0) is 66.9 Å². The summed E-state index contributed by atoms with van der Waals surface area (Å²) < 4.78 is 5.19. The molecule has 10 nitrogen and oxygen atoms in total. The van der Waals surface area contributed by atoms with Crippen LogP contribution in [-0.2, 0) is 9.59 Å². The number of methoxy groups -OCH3 is 1. The maximum Gasteiger partial charge on any atom is 0.283 e. The van der Waals surface area contributed by atoms with Crippen LogP contribution in [0.15, 0.2) is 71.4 Å². The quantitative estimate of drug-likeness (QED) is 0.246. The number of nitriles is 1. The van der Waals surface area contributed by atoms with E-state index in [1.54, 1.807) is 25.3 Å². The number of amides is 2. The summed E-state index contributed by atoms with van der Waals surface area (Å²) in [7, 11) is 1.57. The number of nitro benzene ring substituents is 1. The fourth-order valence-electron chi connectivity index (χ4n) is 3.92. The Balaban J connectivity index is 1.59. The number of thioether (sulfide) groups is 1. The molecule has 0 aromatic heterocycles. The maximum atomic E-state index is 13.5. The molecular formula is C28H23N5O5S. The Labute approximate surface area is 228 Å². The number of hydrogen-bond acceptors (Lipinski definition) is 8. The molecule has 0 fully saturated rings. The lowest BCUT2D eigenvalue weighted by atomic mass is 10.1. The number of hydrogen-bond donors (Lipinski definition) is 1. The van der Waals surface area contributed by atoms with E-state index in [0.717, 1.165) is 34.5 Å². The number of ether oxygens (including phenoxy) is 1. The lowest BCUT2D eigenvalue weighted by molar-refractivity contribution is -0.384. The molecule has 0 saturated heterocycles. The van der Waals surface area contributed by atoms with E-state index in [0.29, 0.717) is 16.6 Å². The van der Waals surface area contributed by atoms with Crippen LogP contribution in [0.2, 0.25) is 0 Å². The van der Waals surface area contributed by atoms with Crippen molar-refractivity contribution in [2.24, 2.45) is 4.99 Å². The Hall–Kier alpha value is -4.95. The second-order valence-corrected chi connectivity index (χ2v) is 9.56. The first-order valence-electron chi connectivity index (χ1n) is 11.7. The summed E-state index contributed by atoms with van der Waals surface area (Å²) in [4.78, 5) is 42.6. The van der Waals surface area contributed by atoms with Crippen LogP contribution in [0, 0.1) is 35.3 Å². The predicted octanol–water partition coefficient (Wildman–Crippen LogP) is 5.21. The fraction of sp³-hybridized carbons (Fsp3) is 0.143. The fourth-order valence-corrected chi connectivity index (χ4v) is 4.73. The Morgan fingerprint density at radius 2 is 1.85 bits per heavy atom. The van der Waals surface area contributed by atoms with Crippen LogP contribution in [0.5, 0.6) is 5.75 Å². The minimum Gasteiger partial charge on any atom is -0.497 e. The molecule has 39 heavy (non-hydrogen) atoms. The van der Waals surface area contributed by atoms with Crippen molar-refractivity contribution >= 4 is 51.9 Å². The maximum absolute atomic E-state index is 13.5. The van der Waals surface area contributed by atoms with Gasteiger partial charge < -0.3 is 10.1 Å². The molecule has 0 spiro atoms. The first-order valence-corrected chi connectivity index (χ1v) is 12.7. The molecule has 2 amide bonds. The van der Waals surface area contributed by atoms with E-state index in [-0.39, 0.29) is 34.3 Å². The van der Waals surface area contributed by atoms with Crippen molar-refractivity contribution in [3.8, 4) is 11.8 Å². The summed E-state index contributed by atoms with van der Waals surface area (Å²) in [5, 5.41) is 23.3. The highest BCUT2D eigenvalue weighted by Crippen LogP contribution is 2.31. The van der Waals surface area contributed by atoms with Crippen LogP contribution < -0.4 is 15.0 Å². The number of rotatable bonds is 7. The highest BCUT2D eigenvalue weighted by Gasteiger charge is 2.32. The van der Waals surface area contributed by atoms with Crippen molar-refractivity contribution < 1.29 is 19.2 Å². The van der Waals surface area contributed by atoms with Gasteiger partial charge in [0.25, 0.3) is 11.6 Å². The van der Waals surface area contributed by atoms with Gasteiger partial charge in [-0.15, -0.1) is 0 Å². The number of nitro groups is 1. The van der Waals surface area contributed by atoms with Crippen molar-refractivity contribution in [1.82, 2.24) is 0 Å². The predicted molar refractivity (Wildman–Crippen MR) is 151 cm³/mol. The average molecular weight is 542 g/mol. The lowest BCUT2D eigenvalue weighted by Gasteiger charge is -2.19. The molecule has 0 bridgehead atoms. The van der Waals surface area contributed by atoms with Gasteiger partial charge in [0.05, 0.1) is 34.7 Å². The topological polar surface area (TPSA) is 138 Å². The smallest absolute Gasteiger partial charge is 0.283 e. The molecule has 0 aliphatic carbocycles. The summed E-state index contributed by atoms with van der Waals surface area (Å²) in [6.07, 6.45) is 1.67. The number of benzene rings is 3. The summed E-state index contributed by atoms with van der Waals surface area (Å²) in [5.74, 6) is -0.232. The third kappa shape index (κ3) is 6.31. The number of nitrogens with zero attached hydrogens (tertiary/aromatic N) is 4. The van der Waals surface area contributed by atoms with Crippen molar-refractivity contribution in [3.05, 3.63) is 98.7 Å². The van der Waals surface area contributed by atoms with Gasteiger partial charge >= 0.3 is 0 Å². The zero-order chi connectivity index (χ0) is 28.1. The zero-order valence-electron chi connectivity index (χ0n) is 21.3. The highest BCUT2D eigenvalue weighted by atomic mass is 32.2. The third-order valence-electron chi connectivity index (χ3n) is 5.65. The van der Waals surface area contributed by atoms with Gasteiger partial charge in [-0.2, -0.15) is 5.26 Å². The Morgan fingerprint density at radius 3 is 2.46 bits per heavy atom. The summed E-state index contributed by atoms with van der Waals surface area (Å²) in [6.45, 7) is 3.86. The first-order chi connectivity index (χ1) is 18.7. The number of amidine groups is 1. The molecule has 1 aliphatic rings. The molecule has 0 atom stereocenters. The normalized spacial score (nSPS) is 13.7. The number of aliphatic imine (C=N–C) groups is 1. The molecule has 4 rings (SSSR count). The second-order valence-electron chi connectivity index (χ2n) is 8.62. The third-order valence-corrected chi connectivity index (χ3v) is 6.59. The number of carbonyl (C=O) groups is 2. The Morgan fingerprint density at radius 1 is 1.15 bits per heavy atom. The SMILES string of the molecule is COc1ccc(/C=C2\N=C(SCC(=O)Nc3ccc([N+](=O)[O-])cc3C#N)N(c3cc(C)cc(C)c3)C2=O)cc1. The van der Waals surface area contributed by atoms with E-state index < -0.39 is 10.8 Å². The molecule has 1 aliphatic heterocycles. The standard InChI is InChI=1S/C28H23N5O5S/c1-17-10-18(2)12-22(11-17)32-27(35)25(13-19-4-7-23(38-3)8-5-19)31-28(32)39-16-26(34)30-24-9-6-21(33(36)37)14-20(24)15-29/h4-14H,16H2,1-3H3,(H,30,34)/b25-13-. The molecule has 0 saturated carbocycles. The van der Waals surface area contributed by atoms with E-state index in [1.165, 1.54) is 17.0 Å². The molecule has 11 heteroatoms. The van der Waals surface area contributed by atoms with Crippen LogP contribution >= 0.6 is 11.8 Å². The van der Waals surface area contributed by atoms with Crippen LogP contribution in [0.1, 0.15) is 22.3 Å². The van der Waals surface area contributed by atoms with Crippen molar-refractivity contribution in [1.29, 1.82) is 5.26 Å². The van der Waals surface area contributed by atoms with Crippen LogP contribution in [-0.4, -0.2) is 34.8 Å². The minimum atomic E-state index is -0.615. The van der Waals surface area contributed by atoms with E-state index in [9.17, 15) is 25.0 Å². The molecule has 1 heterocycles. The van der Waals surface area contributed by atoms with Crippen molar-refractivity contribution in [2.45, 2.75) is 13.8 Å². The average Bonchev–Trinajstić information content (AvgIpc) is 3.22. The number of non-ortho nitro benzene ring substituents is 1. The lowest BCUT2D eigenvalue weighted by Crippen LogP contribution is -2.31. The van der Waals surface area contributed by atoms with Crippen LogP contribution in [0.3, 0.4) is 0 Å². The molecule has 1 N–H and O–H groups in total.